The zero-order valence-electron chi connectivity index (χ0n) is 9.82. The highest BCUT2D eigenvalue weighted by molar-refractivity contribution is 5.24. The van der Waals surface area contributed by atoms with Crippen molar-refractivity contribution in [3.8, 4) is 0 Å². The molecule has 2 bridgehead atoms. The molecule has 1 heterocycles. The fraction of sp³-hybridized carbons (Fsp3) is 0.846. The monoisotopic (exact) mass is 217 g/mol. The van der Waals surface area contributed by atoms with Gasteiger partial charge in [-0.2, -0.15) is 5.10 Å². The van der Waals surface area contributed by atoms with Gasteiger partial charge in [-0.3, -0.25) is 5.10 Å². The van der Waals surface area contributed by atoms with Crippen LogP contribution in [-0.2, 0) is 6.42 Å². The summed E-state index contributed by atoms with van der Waals surface area (Å²) in [5.41, 5.74) is 0. The first-order chi connectivity index (χ1) is 7.88. The largest absolute Gasteiger partial charge is 0.263 e. The summed E-state index contributed by atoms with van der Waals surface area (Å²) in [6, 6.07) is 0. The Kier molecular flexibility index (Phi) is 1.77. The van der Waals surface area contributed by atoms with Crippen molar-refractivity contribution in [1.29, 1.82) is 0 Å². The van der Waals surface area contributed by atoms with Crippen molar-refractivity contribution >= 4 is 0 Å². The summed E-state index contributed by atoms with van der Waals surface area (Å²) in [5.74, 6) is 6.92. The maximum atomic E-state index is 4.67. The highest BCUT2D eigenvalue weighted by atomic mass is 15.2. The number of nitrogens with zero attached hydrogens (tertiary/aromatic N) is 2. The molecule has 3 saturated carbocycles. The molecular weight excluding hydrogens is 198 g/mol. The van der Waals surface area contributed by atoms with E-state index in [0.717, 1.165) is 54.1 Å². The van der Waals surface area contributed by atoms with E-state index in [1.54, 1.807) is 0 Å². The predicted molar refractivity (Wildman–Crippen MR) is 60.9 cm³/mol. The van der Waals surface area contributed by atoms with Gasteiger partial charge < -0.3 is 0 Å². The van der Waals surface area contributed by atoms with Crippen molar-refractivity contribution in [2.75, 3.05) is 0 Å². The highest BCUT2D eigenvalue weighted by Crippen LogP contribution is 2.72. The van der Waals surface area contributed by atoms with Crippen molar-refractivity contribution in [3.63, 3.8) is 0 Å². The number of H-pyrrole nitrogens is 1. The second kappa shape index (κ2) is 3.08. The molecule has 0 spiro atoms. The summed E-state index contributed by atoms with van der Waals surface area (Å²) >= 11 is 0. The molecule has 86 valence electrons. The quantitative estimate of drug-likeness (QED) is 0.845. The van der Waals surface area contributed by atoms with Crippen molar-refractivity contribution in [3.05, 3.63) is 11.6 Å². The first-order valence-corrected chi connectivity index (χ1v) is 6.79. The van der Waals surface area contributed by atoms with Crippen molar-refractivity contribution in [2.24, 2.45) is 23.7 Å². The van der Waals surface area contributed by atoms with E-state index in [0.29, 0.717) is 0 Å². The van der Waals surface area contributed by atoms with Gasteiger partial charge >= 0.3 is 0 Å². The molecule has 1 N–H and O–H groups in total. The van der Waals surface area contributed by atoms with Crippen LogP contribution in [0.15, 0.2) is 0 Å². The van der Waals surface area contributed by atoms with Crippen LogP contribution in [0.4, 0.5) is 0 Å². The Morgan fingerprint density at radius 2 is 2.00 bits per heavy atom. The molecule has 0 aliphatic heterocycles. The molecule has 1 aromatic heterocycles. The van der Waals surface area contributed by atoms with Crippen LogP contribution in [0.5, 0.6) is 0 Å². The number of rotatable bonds is 3. The first kappa shape index (κ1) is 9.20. The minimum atomic E-state index is 0.730. The Bertz CT molecular complexity index is 395. The van der Waals surface area contributed by atoms with Gasteiger partial charge in [0.05, 0.1) is 0 Å². The molecule has 4 atom stereocenters. The van der Waals surface area contributed by atoms with Gasteiger partial charge in [0.15, 0.2) is 5.82 Å². The van der Waals surface area contributed by atoms with E-state index in [2.05, 4.69) is 22.1 Å². The molecule has 16 heavy (non-hydrogen) atoms. The summed E-state index contributed by atoms with van der Waals surface area (Å²) in [6.07, 6.45) is 6.67. The first-order valence-electron chi connectivity index (χ1n) is 6.79. The third kappa shape index (κ3) is 1.09. The lowest BCUT2D eigenvalue weighted by atomic mass is 10.0. The number of nitrogens with one attached hydrogen (secondary N) is 1. The van der Waals surface area contributed by atoms with Gasteiger partial charge in [0.1, 0.15) is 5.82 Å². The van der Waals surface area contributed by atoms with Gasteiger partial charge in [-0.05, 0) is 49.4 Å². The highest BCUT2D eigenvalue weighted by Gasteiger charge is 2.66. The Hall–Kier alpha value is -0.860. The Labute approximate surface area is 96.0 Å². The van der Waals surface area contributed by atoms with Crippen LogP contribution in [-0.4, -0.2) is 15.2 Å². The minimum Gasteiger partial charge on any atom is -0.263 e. The maximum absolute atomic E-state index is 4.67. The number of aromatic nitrogens is 3. The third-order valence-electron chi connectivity index (χ3n) is 5.07. The molecule has 3 heteroatoms. The van der Waals surface area contributed by atoms with Gasteiger partial charge in [-0.1, -0.05) is 6.92 Å². The van der Waals surface area contributed by atoms with E-state index in [9.17, 15) is 0 Å². The Balaban J connectivity index is 1.55. The fourth-order valence-corrected chi connectivity index (χ4v) is 4.48. The molecular formula is C13H19N3. The van der Waals surface area contributed by atoms with Crippen LogP contribution in [0.1, 0.15) is 50.2 Å². The average Bonchev–Trinajstić information content (AvgIpc) is 2.73. The van der Waals surface area contributed by atoms with E-state index in [4.69, 9.17) is 0 Å². The molecule has 0 saturated heterocycles. The predicted octanol–water partition coefficient (Wildman–Crippen LogP) is 2.52. The minimum absolute atomic E-state index is 0.730. The van der Waals surface area contributed by atoms with E-state index >= 15 is 0 Å². The molecule has 4 rings (SSSR count). The van der Waals surface area contributed by atoms with Crippen LogP contribution >= 0.6 is 0 Å². The fourth-order valence-electron chi connectivity index (χ4n) is 4.48. The van der Waals surface area contributed by atoms with E-state index in [-0.39, 0.29) is 0 Å². The van der Waals surface area contributed by atoms with E-state index in [1.165, 1.54) is 19.3 Å². The molecule has 3 nitrogen and oxygen atoms in total. The molecule has 3 fully saturated rings. The number of fused-ring (bicyclic) bond motifs is 5. The van der Waals surface area contributed by atoms with Gasteiger partial charge in [-0.15, -0.1) is 0 Å². The van der Waals surface area contributed by atoms with E-state index in [1.807, 2.05) is 0 Å². The summed E-state index contributed by atoms with van der Waals surface area (Å²) in [5, 5.41) is 7.55. The second-order valence-electron chi connectivity index (χ2n) is 5.90. The lowest BCUT2D eigenvalue weighted by molar-refractivity contribution is 0.456. The Morgan fingerprint density at radius 1 is 1.25 bits per heavy atom. The van der Waals surface area contributed by atoms with Crippen molar-refractivity contribution in [1.82, 2.24) is 15.2 Å². The standard InChI is InChI=1S/C13H19N3/c1-2-3-9-14-13(16-15-9)12-10-7-4-5-8(6-7)11(10)12/h7-8,10-12H,2-6H2,1H3,(H,14,15,16). The molecule has 3 aliphatic carbocycles. The summed E-state index contributed by atoms with van der Waals surface area (Å²) < 4.78 is 0. The van der Waals surface area contributed by atoms with Crippen molar-refractivity contribution in [2.45, 2.75) is 44.9 Å². The van der Waals surface area contributed by atoms with Crippen LogP contribution in [0.25, 0.3) is 0 Å². The normalized spacial score (nSPS) is 43.7. The Morgan fingerprint density at radius 3 is 2.69 bits per heavy atom. The van der Waals surface area contributed by atoms with Crippen LogP contribution in [0.2, 0.25) is 0 Å². The maximum Gasteiger partial charge on any atom is 0.154 e. The SMILES string of the molecule is CCCc1nc(C2C3C4CCC(C4)C23)n[nH]1. The van der Waals surface area contributed by atoms with Gasteiger partial charge in [-0.25, -0.2) is 4.98 Å². The number of aryl methyl sites for hydroxylation is 1. The smallest absolute Gasteiger partial charge is 0.154 e. The summed E-state index contributed by atoms with van der Waals surface area (Å²) in [6.45, 7) is 2.19. The third-order valence-corrected chi connectivity index (χ3v) is 5.07. The van der Waals surface area contributed by atoms with Crippen molar-refractivity contribution < 1.29 is 0 Å². The lowest BCUT2D eigenvalue weighted by Gasteiger charge is -2.04. The summed E-state index contributed by atoms with van der Waals surface area (Å²) in [4.78, 5) is 4.67. The molecule has 0 aromatic carbocycles. The van der Waals surface area contributed by atoms with Crippen LogP contribution in [0.3, 0.4) is 0 Å². The van der Waals surface area contributed by atoms with Gasteiger partial charge in [0.2, 0.25) is 0 Å². The lowest BCUT2D eigenvalue weighted by Crippen LogP contribution is -1.99. The second-order valence-corrected chi connectivity index (χ2v) is 5.90. The number of hydrogen-bond acceptors (Lipinski definition) is 2. The number of hydrogen-bond donors (Lipinski definition) is 1. The van der Waals surface area contributed by atoms with Gasteiger partial charge in [0, 0.05) is 12.3 Å². The topological polar surface area (TPSA) is 41.6 Å². The summed E-state index contributed by atoms with van der Waals surface area (Å²) in [7, 11) is 0. The molecule has 1 aromatic rings. The molecule has 3 aliphatic rings. The average molecular weight is 217 g/mol. The van der Waals surface area contributed by atoms with Crippen LogP contribution < -0.4 is 0 Å². The zero-order valence-corrected chi connectivity index (χ0v) is 9.82. The zero-order chi connectivity index (χ0) is 10.7. The van der Waals surface area contributed by atoms with Crippen LogP contribution in [0, 0.1) is 23.7 Å². The molecule has 4 unspecified atom stereocenters. The van der Waals surface area contributed by atoms with Gasteiger partial charge in [0.25, 0.3) is 0 Å². The van der Waals surface area contributed by atoms with E-state index < -0.39 is 0 Å². The number of aromatic amines is 1. The molecule has 0 amide bonds. The molecule has 0 radical (unpaired) electrons.